The number of hydrogen-bond donors (Lipinski definition) is 0. The van der Waals surface area contributed by atoms with Crippen LogP contribution >= 0.6 is 0 Å². The molecule has 0 atom stereocenters. The quantitative estimate of drug-likeness (QED) is 0.193. The molecule has 0 aliphatic heterocycles. The van der Waals surface area contributed by atoms with Crippen molar-refractivity contribution in [3.8, 4) is 33.6 Å². The van der Waals surface area contributed by atoms with E-state index >= 15 is 0 Å². The van der Waals surface area contributed by atoms with E-state index in [0.29, 0.717) is 0 Å². The SMILES string of the molecule is c1ccc(-c2oc3cc4c(cc3c2-c2c3ccccc3c(-c3cccc5ccccc35)c3ccccc23)oc2ccccc24)cc1. The lowest BCUT2D eigenvalue weighted by Crippen LogP contribution is -1.92. The van der Waals surface area contributed by atoms with E-state index in [0.717, 1.165) is 49.8 Å². The third-order valence-corrected chi connectivity index (χ3v) is 9.46. The van der Waals surface area contributed by atoms with Gasteiger partial charge in [0.15, 0.2) is 0 Å². The van der Waals surface area contributed by atoms with E-state index in [1.165, 1.54) is 49.0 Å². The van der Waals surface area contributed by atoms with Gasteiger partial charge in [0.25, 0.3) is 0 Å². The summed E-state index contributed by atoms with van der Waals surface area (Å²) in [5.41, 5.74) is 8.37. The van der Waals surface area contributed by atoms with Crippen molar-refractivity contribution >= 4 is 65.2 Å². The second-order valence-corrected chi connectivity index (χ2v) is 12.0. The molecule has 2 nitrogen and oxygen atoms in total. The lowest BCUT2D eigenvalue weighted by atomic mass is 9.83. The second-order valence-electron chi connectivity index (χ2n) is 12.0. The van der Waals surface area contributed by atoms with Crippen LogP contribution in [0.15, 0.2) is 167 Å². The molecule has 10 aromatic rings. The molecule has 0 N–H and O–H groups in total. The van der Waals surface area contributed by atoms with Gasteiger partial charge in [-0.15, -0.1) is 0 Å². The fraction of sp³-hybridized carbons (Fsp3) is 0. The molecular weight excluding hydrogens is 560 g/mol. The molecule has 0 aliphatic carbocycles. The first kappa shape index (κ1) is 25.2. The number of rotatable bonds is 3. The summed E-state index contributed by atoms with van der Waals surface area (Å²) in [6, 6.07) is 56.0. The molecule has 0 fully saturated rings. The Hall–Kier alpha value is -6.12. The van der Waals surface area contributed by atoms with Gasteiger partial charge in [-0.05, 0) is 61.6 Å². The lowest BCUT2D eigenvalue weighted by molar-refractivity contribution is 0.632. The minimum atomic E-state index is 0.846. The first-order valence-corrected chi connectivity index (χ1v) is 15.7. The molecule has 2 heteroatoms. The van der Waals surface area contributed by atoms with Crippen molar-refractivity contribution in [1.29, 1.82) is 0 Å². The van der Waals surface area contributed by atoms with Gasteiger partial charge in [0.1, 0.15) is 22.5 Å². The molecule has 46 heavy (non-hydrogen) atoms. The molecule has 0 amide bonds. The van der Waals surface area contributed by atoms with Crippen molar-refractivity contribution in [3.05, 3.63) is 158 Å². The van der Waals surface area contributed by atoms with Gasteiger partial charge in [-0.3, -0.25) is 0 Å². The summed E-state index contributed by atoms with van der Waals surface area (Å²) in [4.78, 5) is 0. The monoisotopic (exact) mass is 586 g/mol. The molecule has 2 heterocycles. The van der Waals surface area contributed by atoms with E-state index in [9.17, 15) is 0 Å². The van der Waals surface area contributed by atoms with Crippen LogP contribution in [0.25, 0.3) is 98.8 Å². The number of benzene rings is 8. The topological polar surface area (TPSA) is 26.3 Å². The molecule has 10 rings (SSSR count). The Morgan fingerprint density at radius 1 is 0.304 bits per heavy atom. The lowest BCUT2D eigenvalue weighted by Gasteiger charge is -2.19. The number of fused-ring (bicyclic) bond motifs is 7. The van der Waals surface area contributed by atoms with E-state index in [1.807, 2.05) is 12.1 Å². The summed E-state index contributed by atoms with van der Waals surface area (Å²) >= 11 is 0. The molecule has 0 aliphatic rings. The molecule has 8 aromatic carbocycles. The largest absolute Gasteiger partial charge is 0.456 e. The fourth-order valence-electron chi connectivity index (χ4n) is 7.49. The number of hydrogen-bond acceptors (Lipinski definition) is 2. The van der Waals surface area contributed by atoms with E-state index in [4.69, 9.17) is 8.83 Å². The highest BCUT2D eigenvalue weighted by Crippen LogP contribution is 2.51. The van der Waals surface area contributed by atoms with Gasteiger partial charge in [0, 0.05) is 32.8 Å². The first-order valence-electron chi connectivity index (χ1n) is 15.7. The van der Waals surface area contributed by atoms with Gasteiger partial charge in [-0.2, -0.15) is 0 Å². The van der Waals surface area contributed by atoms with Gasteiger partial charge < -0.3 is 8.83 Å². The van der Waals surface area contributed by atoms with E-state index in [2.05, 4.69) is 146 Å². The van der Waals surface area contributed by atoms with Gasteiger partial charge in [0.05, 0.1) is 0 Å². The Morgan fingerprint density at radius 3 is 1.59 bits per heavy atom. The summed E-state index contributed by atoms with van der Waals surface area (Å²) < 4.78 is 13.3. The maximum Gasteiger partial charge on any atom is 0.143 e. The van der Waals surface area contributed by atoms with Gasteiger partial charge >= 0.3 is 0 Å². The molecule has 0 radical (unpaired) electrons. The number of furan rings is 2. The van der Waals surface area contributed by atoms with Crippen LogP contribution in [0.1, 0.15) is 0 Å². The summed E-state index contributed by atoms with van der Waals surface area (Å²) in [6.45, 7) is 0. The van der Waals surface area contributed by atoms with E-state index in [-0.39, 0.29) is 0 Å². The normalized spacial score (nSPS) is 11.9. The summed E-state index contributed by atoms with van der Waals surface area (Å²) in [5, 5.41) is 10.5. The predicted octanol–water partition coefficient (Wildman–Crippen LogP) is 12.8. The summed E-state index contributed by atoms with van der Waals surface area (Å²) in [7, 11) is 0. The van der Waals surface area contributed by atoms with Crippen molar-refractivity contribution in [2.45, 2.75) is 0 Å². The van der Waals surface area contributed by atoms with Crippen molar-refractivity contribution < 1.29 is 8.83 Å². The fourth-order valence-corrected chi connectivity index (χ4v) is 7.49. The molecule has 0 spiro atoms. The first-order chi connectivity index (χ1) is 22.8. The molecule has 2 aromatic heterocycles. The summed E-state index contributed by atoms with van der Waals surface area (Å²) in [5.74, 6) is 0.862. The van der Waals surface area contributed by atoms with E-state index in [1.54, 1.807) is 0 Å². The molecule has 0 unspecified atom stereocenters. The smallest absolute Gasteiger partial charge is 0.143 e. The van der Waals surface area contributed by atoms with E-state index < -0.39 is 0 Å². The highest BCUT2D eigenvalue weighted by atomic mass is 16.3. The zero-order valence-corrected chi connectivity index (χ0v) is 24.8. The zero-order chi connectivity index (χ0) is 30.2. The van der Waals surface area contributed by atoms with Crippen LogP contribution in [-0.4, -0.2) is 0 Å². The Labute approximate surface area is 264 Å². The average Bonchev–Trinajstić information content (AvgIpc) is 3.67. The van der Waals surface area contributed by atoms with Crippen molar-refractivity contribution in [3.63, 3.8) is 0 Å². The van der Waals surface area contributed by atoms with Crippen LogP contribution < -0.4 is 0 Å². The highest BCUT2D eigenvalue weighted by molar-refractivity contribution is 6.27. The minimum absolute atomic E-state index is 0.846. The highest BCUT2D eigenvalue weighted by Gasteiger charge is 2.25. The maximum absolute atomic E-state index is 6.89. The van der Waals surface area contributed by atoms with Crippen LogP contribution in [0.5, 0.6) is 0 Å². The predicted molar refractivity (Wildman–Crippen MR) is 192 cm³/mol. The third-order valence-electron chi connectivity index (χ3n) is 9.46. The average molecular weight is 587 g/mol. The molecule has 0 saturated carbocycles. The van der Waals surface area contributed by atoms with Gasteiger partial charge in [0.2, 0.25) is 0 Å². The van der Waals surface area contributed by atoms with Crippen molar-refractivity contribution in [2.24, 2.45) is 0 Å². The maximum atomic E-state index is 6.89. The van der Waals surface area contributed by atoms with Crippen molar-refractivity contribution in [2.75, 3.05) is 0 Å². The third kappa shape index (κ3) is 3.59. The van der Waals surface area contributed by atoms with Crippen LogP contribution in [0.4, 0.5) is 0 Å². The Morgan fingerprint density at radius 2 is 0.848 bits per heavy atom. The van der Waals surface area contributed by atoms with Crippen LogP contribution in [0.2, 0.25) is 0 Å². The molecule has 0 saturated heterocycles. The van der Waals surface area contributed by atoms with Crippen LogP contribution in [-0.2, 0) is 0 Å². The van der Waals surface area contributed by atoms with Crippen molar-refractivity contribution in [1.82, 2.24) is 0 Å². The Balaban J connectivity index is 1.39. The standard InChI is InChI=1S/C44H26O2/c1-2-14-28(15-3-1)44-43(37-26-39-36(25-40(37)46-44)30-18-10-11-24-38(30)45-39)42-34-21-8-6-19-32(34)41(33-20-7-9-22-35(33)42)31-23-12-16-27-13-4-5-17-29(27)31/h1-26H. The summed E-state index contributed by atoms with van der Waals surface area (Å²) in [6.07, 6.45) is 0. The second kappa shape index (κ2) is 9.69. The zero-order valence-electron chi connectivity index (χ0n) is 24.8. The van der Waals surface area contributed by atoms with Gasteiger partial charge in [-0.1, -0.05) is 140 Å². The Bertz CT molecular complexity index is 2740. The number of para-hydroxylation sites is 1. The van der Waals surface area contributed by atoms with Gasteiger partial charge in [-0.25, -0.2) is 0 Å². The Kier molecular flexibility index (Phi) is 5.31. The molecule has 0 bridgehead atoms. The minimum Gasteiger partial charge on any atom is -0.456 e. The molecular formula is C44H26O2. The molecule has 214 valence electrons. The van der Waals surface area contributed by atoms with Crippen LogP contribution in [0.3, 0.4) is 0 Å². The van der Waals surface area contributed by atoms with Crippen LogP contribution in [0, 0.1) is 0 Å².